The van der Waals surface area contributed by atoms with E-state index >= 15 is 0 Å². The van der Waals surface area contributed by atoms with Crippen molar-refractivity contribution in [1.29, 1.82) is 0 Å². The lowest BCUT2D eigenvalue weighted by Crippen LogP contribution is -2.37. The molecule has 0 N–H and O–H groups in total. The van der Waals surface area contributed by atoms with E-state index in [4.69, 9.17) is 4.74 Å². The van der Waals surface area contributed by atoms with Crippen molar-refractivity contribution in [1.82, 2.24) is 0 Å². The highest BCUT2D eigenvalue weighted by Gasteiger charge is 2.49. The number of carbonyl (C=O) groups is 1. The van der Waals surface area contributed by atoms with E-state index in [0.29, 0.717) is 10.9 Å². The third-order valence-electron chi connectivity index (χ3n) is 4.52. The van der Waals surface area contributed by atoms with Crippen LogP contribution in [0.15, 0.2) is 46.8 Å². The molecular weight excluding hydrogens is 404 g/mol. The highest BCUT2D eigenvalue weighted by Crippen LogP contribution is 2.41. The normalized spacial score (nSPS) is 24.9. The maximum Gasteiger partial charge on any atom is 0.253 e. The number of ether oxygens (including phenoxy) is 1. The number of amidine groups is 1. The number of thioether (sulfide) groups is 1. The molecule has 6 nitrogen and oxygen atoms in total. The van der Waals surface area contributed by atoms with Gasteiger partial charge in [-0.05, 0) is 23.6 Å². The van der Waals surface area contributed by atoms with Gasteiger partial charge in [-0.3, -0.25) is 4.79 Å². The number of methoxy groups -OCH3 is 1. The predicted octanol–water partition coefficient (Wildman–Crippen LogP) is 2.60. The molecule has 2 saturated heterocycles. The van der Waals surface area contributed by atoms with Crippen LogP contribution in [0.5, 0.6) is 5.75 Å². The number of aliphatic imine (C=N–C) groups is 1. The van der Waals surface area contributed by atoms with Crippen molar-refractivity contribution >= 4 is 49.7 Å². The minimum absolute atomic E-state index is 0.0695. The predicted molar refractivity (Wildman–Crippen MR) is 110 cm³/mol. The van der Waals surface area contributed by atoms with Crippen molar-refractivity contribution in [3.05, 3.63) is 46.7 Å². The Kier molecular flexibility index (Phi) is 5.00. The van der Waals surface area contributed by atoms with Gasteiger partial charge in [0.15, 0.2) is 15.0 Å². The minimum atomic E-state index is -3.09. The van der Waals surface area contributed by atoms with Crippen LogP contribution in [-0.2, 0) is 21.1 Å². The molecule has 0 saturated carbocycles. The second kappa shape index (κ2) is 7.29. The molecule has 1 aromatic carbocycles. The zero-order chi connectivity index (χ0) is 19.0. The van der Waals surface area contributed by atoms with Gasteiger partial charge in [0.25, 0.3) is 5.91 Å². The monoisotopic (exact) mass is 422 g/mol. The molecule has 2 fully saturated rings. The number of carbonyl (C=O) groups excluding carboxylic acids is 1. The molecule has 27 heavy (non-hydrogen) atoms. The summed E-state index contributed by atoms with van der Waals surface area (Å²) in [7, 11) is -1.50. The van der Waals surface area contributed by atoms with E-state index < -0.39 is 9.84 Å². The Hall–Kier alpha value is -1.84. The zero-order valence-corrected chi connectivity index (χ0v) is 17.0. The number of thiophene rings is 1. The molecule has 0 aliphatic carbocycles. The number of hydrogen-bond donors (Lipinski definition) is 0. The SMILES string of the molecule is COc1cccc(N2C(=NC(=O)Cc3cccs3)S[C@@H]3CS(=O)(=O)C[C@H]32)c1. The summed E-state index contributed by atoms with van der Waals surface area (Å²) in [6, 6.07) is 11.0. The van der Waals surface area contributed by atoms with Crippen LogP contribution in [-0.4, -0.2) is 49.4 Å². The molecule has 0 spiro atoms. The van der Waals surface area contributed by atoms with Gasteiger partial charge in [-0.15, -0.1) is 11.3 Å². The first kappa shape index (κ1) is 18.5. The Labute approximate surface area is 166 Å². The molecule has 1 amide bonds. The van der Waals surface area contributed by atoms with E-state index in [0.717, 1.165) is 10.6 Å². The average Bonchev–Trinajstić information content (AvgIpc) is 3.29. The lowest BCUT2D eigenvalue weighted by atomic mass is 10.2. The molecule has 3 heterocycles. The van der Waals surface area contributed by atoms with Crippen molar-refractivity contribution in [2.75, 3.05) is 23.5 Å². The molecule has 0 bridgehead atoms. The first-order chi connectivity index (χ1) is 12.9. The minimum Gasteiger partial charge on any atom is -0.497 e. The topological polar surface area (TPSA) is 76.0 Å². The number of nitrogens with zero attached hydrogens (tertiary/aromatic N) is 2. The number of hydrogen-bond acceptors (Lipinski definition) is 6. The quantitative estimate of drug-likeness (QED) is 0.754. The summed E-state index contributed by atoms with van der Waals surface area (Å²) in [6.07, 6.45) is 0.251. The van der Waals surface area contributed by atoms with Gasteiger partial charge in [-0.2, -0.15) is 4.99 Å². The van der Waals surface area contributed by atoms with Crippen molar-refractivity contribution in [3.8, 4) is 5.75 Å². The molecule has 2 aliphatic rings. The van der Waals surface area contributed by atoms with Crippen molar-refractivity contribution < 1.29 is 17.9 Å². The van der Waals surface area contributed by atoms with E-state index in [9.17, 15) is 13.2 Å². The van der Waals surface area contributed by atoms with Crippen LogP contribution in [0.1, 0.15) is 4.88 Å². The van der Waals surface area contributed by atoms with Gasteiger partial charge in [-0.1, -0.05) is 23.9 Å². The molecule has 2 atom stereocenters. The summed E-state index contributed by atoms with van der Waals surface area (Å²) in [6.45, 7) is 0. The summed E-state index contributed by atoms with van der Waals surface area (Å²) in [5.41, 5.74) is 0.786. The van der Waals surface area contributed by atoms with Gasteiger partial charge in [0.1, 0.15) is 5.75 Å². The summed E-state index contributed by atoms with van der Waals surface area (Å²) in [4.78, 5) is 19.6. The van der Waals surface area contributed by atoms with Crippen LogP contribution in [0.3, 0.4) is 0 Å². The first-order valence-corrected chi connectivity index (χ1v) is 12.0. The molecule has 1 aromatic heterocycles. The van der Waals surface area contributed by atoms with Gasteiger partial charge in [0, 0.05) is 21.9 Å². The van der Waals surface area contributed by atoms with E-state index in [1.165, 1.54) is 23.1 Å². The van der Waals surface area contributed by atoms with E-state index in [1.807, 2.05) is 46.7 Å². The van der Waals surface area contributed by atoms with Gasteiger partial charge in [-0.25, -0.2) is 8.42 Å². The molecule has 0 unspecified atom stereocenters. The largest absolute Gasteiger partial charge is 0.497 e. The number of rotatable bonds is 4. The molecule has 2 aliphatic heterocycles. The number of sulfone groups is 1. The maximum absolute atomic E-state index is 12.4. The Morgan fingerprint density at radius 2 is 2.15 bits per heavy atom. The third kappa shape index (κ3) is 3.90. The number of amides is 1. The van der Waals surface area contributed by atoms with E-state index in [1.54, 1.807) is 7.11 Å². The summed E-state index contributed by atoms with van der Waals surface area (Å²) < 4.78 is 29.5. The van der Waals surface area contributed by atoms with E-state index in [-0.39, 0.29) is 35.1 Å². The smallest absolute Gasteiger partial charge is 0.253 e. The Morgan fingerprint density at radius 3 is 2.89 bits per heavy atom. The zero-order valence-electron chi connectivity index (χ0n) is 14.6. The van der Waals surface area contributed by atoms with Crippen molar-refractivity contribution in [2.45, 2.75) is 17.7 Å². The van der Waals surface area contributed by atoms with Gasteiger partial charge >= 0.3 is 0 Å². The fourth-order valence-electron chi connectivity index (χ4n) is 3.34. The van der Waals surface area contributed by atoms with Gasteiger partial charge in [0.2, 0.25) is 0 Å². The Bertz CT molecular complexity index is 986. The van der Waals surface area contributed by atoms with Crippen LogP contribution in [0, 0.1) is 0 Å². The van der Waals surface area contributed by atoms with Crippen LogP contribution in [0.4, 0.5) is 5.69 Å². The fraction of sp³-hybridized carbons (Fsp3) is 0.333. The second-order valence-electron chi connectivity index (χ2n) is 6.42. The first-order valence-electron chi connectivity index (χ1n) is 8.39. The molecule has 9 heteroatoms. The summed E-state index contributed by atoms with van der Waals surface area (Å²) >= 11 is 2.90. The number of fused-ring (bicyclic) bond motifs is 1. The summed E-state index contributed by atoms with van der Waals surface area (Å²) in [5.74, 6) is 0.628. The number of benzene rings is 1. The Balaban J connectivity index is 1.67. The average molecular weight is 423 g/mol. The fourth-order valence-corrected chi connectivity index (χ4v) is 7.96. The standard InChI is InChI=1S/C18H18N2O4S3/c1-24-13-5-2-4-12(8-13)20-15-10-27(22,23)11-16(15)26-18(20)19-17(21)9-14-6-3-7-25-14/h2-8,15-16H,9-11H2,1H3/t15-,16-/m1/s1. The molecule has 0 radical (unpaired) electrons. The van der Waals surface area contributed by atoms with Crippen molar-refractivity contribution in [3.63, 3.8) is 0 Å². The summed E-state index contributed by atoms with van der Waals surface area (Å²) in [5, 5.41) is 2.38. The second-order valence-corrected chi connectivity index (χ2v) is 10.8. The molecular formula is C18H18N2O4S3. The highest BCUT2D eigenvalue weighted by atomic mass is 32.2. The van der Waals surface area contributed by atoms with Crippen LogP contribution in [0.25, 0.3) is 0 Å². The molecule has 2 aromatic rings. The lowest BCUT2D eigenvalue weighted by Gasteiger charge is -2.24. The van der Waals surface area contributed by atoms with Gasteiger partial charge in [0.05, 0.1) is 31.1 Å². The number of anilines is 1. The van der Waals surface area contributed by atoms with Crippen LogP contribution < -0.4 is 9.64 Å². The Morgan fingerprint density at radius 1 is 1.30 bits per heavy atom. The molecule has 142 valence electrons. The van der Waals surface area contributed by atoms with Crippen LogP contribution in [0.2, 0.25) is 0 Å². The lowest BCUT2D eigenvalue weighted by molar-refractivity contribution is -0.117. The maximum atomic E-state index is 12.4. The third-order valence-corrected chi connectivity index (χ3v) is 8.61. The van der Waals surface area contributed by atoms with Crippen LogP contribution >= 0.6 is 23.1 Å². The molecule has 4 rings (SSSR count). The highest BCUT2D eigenvalue weighted by molar-refractivity contribution is 8.16. The van der Waals surface area contributed by atoms with Crippen molar-refractivity contribution in [2.24, 2.45) is 4.99 Å². The van der Waals surface area contributed by atoms with E-state index in [2.05, 4.69) is 4.99 Å². The van der Waals surface area contributed by atoms with Gasteiger partial charge < -0.3 is 9.64 Å².